The van der Waals surface area contributed by atoms with Crippen molar-refractivity contribution in [2.24, 2.45) is 5.92 Å². The van der Waals surface area contributed by atoms with Crippen molar-refractivity contribution in [2.45, 2.75) is 12.8 Å². The highest BCUT2D eigenvalue weighted by molar-refractivity contribution is 5.96. The Bertz CT molecular complexity index is 509. The fourth-order valence-electron chi connectivity index (χ4n) is 2.66. The lowest BCUT2D eigenvalue weighted by Gasteiger charge is -2.34. The first-order valence-corrected chi connectivity index (χ1v) is 7.13. The van der Waals surface area contributed by atoms with E-state index in [4.69, 9.17) is 0 Å². The summed E-state index contributed by atoms with van der Waals surface area (Å²) in [6, 6.07) is 3.54. The SMILES string of the molecule is O=C(c1ccc(F)cc1O)N1CCN(CC2CC2)CC1. The van der Waals surface area contributed by atoms with Crippen molar-refractivity contribution in [3.05, 3.63) is 29.6 Å². The number of amides is 1. The number of nitrogens with zero attached hydrogens (tertiary/aromatic N) is 2. The van der Waals surface area contributed by atoms with Gasteiger partial charge in [-0.05, 0) is 30.9 Å². The Balaban J connectivity index is 1.60. The summed E-state index contributed by atoms with van der Waals surface area (Å²) >= 11 is 0. The number of halogens is 1. The number of rotatable bonds is 3. The van der Waals surface area contributed by atoms with E-state index in [0.29, 0.717) is 13.1 Å². The van der Waals surface area contributed by atoms with Gasteiger partial charge in [-0.3, -0.25) is 9.69 Å². The van der Waals surface area contributed by atoms with Gasteiger partial charge >= 0.3 is 0 Å². The molecule has 0 spiro atoms. The fraction of sp³-hybridized carbons (Fsp3) is 0.533. The normalized spacial score (nSPS) is 20.1. The Kier molecular flexibility index (Phi) is 3.61. The van der Waals surface area contributed by atoms with Crippen LogP contribution >= 0.6 is 0 Å². The standard InChI is InChI=1S/C15H19FN2O2/c16-12-3-4-13(14(19)9-12)15(20)18-7-5-17(6-8-18)10-11-1-2-11/h3-4,9,11,19H,1-2,5-8,10H2. The van der Waals surface area contributed by atoms with Crippen LogP contribution in [0.5, 0.6) is 5.75 Å². The number of carbonyl (C=O) groups excluding carboxylic acids is 1. The van der Waals surface area contributed by atoms with Crippen LogP contribution in [0, 0.1) is 11.7 Å². The van der Waals surface area contributed by atoms with E-state index in [9.17, 15) is 14.3 Å². The predicted molar refractivity (Wildman–Crippen MR) is 73.1 cm³/mol. The van der Waals surface area contributed by atoms with Crippen LogP contribution < -0.4 is 0 Å². The molecule has 0 atom stereocenters. The van der Waals surface area contributed by atoms with Crippen LogP contribution in [0.2, 0.25) is 0 Å². The van der Waals surface area contributed by atoms with Crippen molar-refractivity contribution < 1.29 is 14.3 Å². The zero-order valence-electron chi connectivity index (χ0n) is 11.4. The van der Waals surface area contributed by atoms with E-state index in [1.54, 1.807) is 4.90 Å². The zero-order chi connectivity index (χ0) is 14.1. The summed E-state index contributed by atoms with van der Waals surface area (Å²) in [5.41, 5.74) is 0.182. The van der Waals surface area contributed by atoms with Crippen LogP contribution in [-0.2, 0) is 0 Å². The molecule has 0 bridgehead atoms. The van der Waals surface area contributed by atoms with Gasteiger partial charge in [0.25, 0.3) is 5.91 Å². The molecular formula is C15H19FN2O2. The molecule has 20 heavy (non-hydrogen) atoms. The van der Waals surface area contributed by atoms with Crippen molar-refractivity contribution in [1.82, 2.24) is 9.80 Å². The van der Waals surface area contributed by atoms with E-state index < -0.39 is 5.82 Å². The minimum Gasteiger partial charge on any atom is -0.507 e. The third-order valence-electron chi connectivity index (χ3n) is 4.06. The molecule has 1 amide bonds. The first kappa shape index (κ1) is 13.4. The molecule has 4 nitrogen and oxygen atoms in total. The Labute approximate surface area is 117 Å². The summed E-state index contributed by atoms with van der Waals surface area (Å²) in [5, 5.41) is 9.67. The molecule has 2 fully saturated rings. The topological polar surface area (TPSA) is 43.8 Å². The molecular weight excluding hydrogens is 259 g/mol. The van der Waals surface area contributed by atoms with Crippen molar-refractivity contribution in [3.63, 3.8) is 0 Å². The maximum absolute atomic E-state index is 12.9. The summed E-state index contributed by atoms with van der Waals surface area (Å²) in [5.74, 6) is -0.171. The minimum absolute atomic E-state index is 0.182. The van der Waals surface area contributed by atoms with Gasteiger partial charge in [0.2, 0.25) is 0 Å². The molecule has 2 aliphatic rings. The highest BCUT2D eigenvalue weighted by Gasteiger charge is 2.28. The van der Waals surface area contributed by atoms with Gasteiger partial charge in [0.15, 0.2) is 0 Å². The van der Waals surface area contributed by atoms with Gasteiger partial charge in [0, 0.05) is 38.8 Å². The lowest BCUT2D eigenvalue weighted by Crippen LogP contribution is -2.49. The van der Waals surface area contributed by atoms with Gasteiger partial charge in [0.1, 0.15) is 11.6 Å². The summed E-state index contributed by atoms with van der Waals surface area (Å²) < 4.78 is 12.9. The third kappa shape index (κ3) is 2.93. The van der Waals surface area contributed by atoms with E-state index >= 15 is 0 Å². The molecule has 0 radical (unpaired) electrons. The molecule has 1 N–H and O–H groups in total. The van der Waals surface area contributed by atoms with Crippen molar-refractivity contribution in [3.8, 4) is 5.75 Å². The second kappa shape index (κ2) is 5.40. The Morgan fingerprint density at radius 3 is 2.55 bits per heavy atom. The number of carbonyl (C=O) groups is 1. The Morgan fingerprint density at radius 1 is 1.25 bits per heavy atom. The van der Waals surface area contributed by atoms with E-state index in [1.165, 1.54) is 25.0 Å². The van der Waals surface area contributed by atoms with Crippen LogP contribution in [0.1, 0.15) is 23.2 Å². The minimum atomic E-state index is -0.534. The summed E-state index contributed by atoms with van der Waals surface area (Å²) in [6.45, 7) is 4.24. The number of hydrogen-bond donors (Lipinski definition) is 1. The number of aromatic hydroxyl groups is 1. The molecule has 5 heteroatoms. The molecule has 1 saturated heterocycles. The first-order valence-electron chi connectivity index (χ1n) is 7.13. The average molecular weight is 278 g/mol. The second-order valence-corrected chi connectivity index (χ2v) is 5.70. The zero-order valence-corrected chi connectivity index (χ0v) is 11.4. The Hall–Kier alpha value is -1.62. The summed E-state index contributed by atoms with van der Waals surface area (Å²) in [7, 11) is 0. The Morgan fingerprint density at radius 2 is 1.95 bits per heavy atom. The molecule has 1 heterocycles. The highest BCUT2D eigenvalue weighted by atomic mass is 19.1. The van der Waals surface area contributed by atoms with Crippen LogP contribution in [-0.4, -0.2) is 53.5 Å². The molecule has 1 aromatic carbocycles. The van der Waals surface area contributed by atoms with Crippen molar-refractivity contribution >= 4 is 5.91 Å². The highest BCUT2D eigenvalue weighted by Crippen LogP contribution is 2.30. The van der Waals surface area contributed by atoms with Crippen LogP contribution in [0.15, 0.2) is 18.2 Å². The van der Waals surface area contributed by atoms with Gasteiger partial charge in [-0.1, -0.05) is 0 Å². The van der Waals surface area contributed by atoms with E-state index in [0.717, 1.165) is 31.6 Å². The summed E-state index contributed by atoms with van der Waals surface area (Å²) in [4.78, 5) is 16.4. The number of piperazine rings is 1. The lowest BCUT2D eigenvalue weighted by molar-refractivity contribution is 0.0629. The number of hydrogen-bond acceptors (Lipinski definition) is 3. The summed E-state index contributed by atoms with van der Waals surface area (Å²) in [6.07, 6.45) is 2.67. The maximum Gasteiger partial charge on any atom is 0.257 e. The van der Waals surface area contributed by atoms with E-state index in [-0.39, 0.29) is 17.2 Å². The maximum atomic E-state index is 12.9. The van der Waals surface area contributed by atoms with E-state index in [2.05, 4.69) is 4.90 Å². The fourth-order valence-corrected chi connectivity index (χ4v) is 2.66. The average Bonchev–Trinajstić information content (AvgIpc) is 3.23. The number of phenolic OH excluding ortho intramolecular Hbond substituents is 1. The molecule has 1 saturated carbocycles. The van der Waals surface area contributed by atoms with Crippen LogP contribution in [0.4, 0.5) is 4.39 Å². The van der Waals surface area contributed by atoms with Crippen molar-refractivity contribution in [2.75, 3.05) is 32.7 Å². The predicted octanol–water partition coefficient (Wildman–Crippen LogP) is 1.70. The van der Waals surface area contributed by atoms with Crippen molar-refractivity contribution in [1.29, 1.82) is 0 Å². The number of benzene rings is 1. The van der Waals surface area contributed by atoms with Gasteiger partial charge in [-0.25, -0.2) is 4.39 Å². The largest absolute Gasteiger partial charge is 0.507 e. The lowest BCUT2D eigenvalue weighted by atomic mass is 10.1. The smallest absolute Gasteiger partial charge is 0.257 e. The molecule has 1 aromatic rings. The quantitative estimate of drug-likeness (QED) is 0.915. The van der Waals surface area contributed by atoms with Gasteiger partial charge in [-0.15, -0.1) is 0 Å². The molecule has 3 rings (SSSR count). The molecule has 1 aliphatic heterocycles. The van der Waals surface area contributed by atoms with E-state index in [1.807, 2.05) is 0 Å². The number of phenols is 1. The van der Waals surface area contributed by atoms with Gasteiger partial charge in [-0.2, -0.15) is 0 Å². The molecule has 1 aliphatic carbocycles. The monoisotopic (exact) mass is 278 g/mol. The van der Waals surface area contributed by atoms with Gasteiger partial charge in [0.05, 0.1) is 5.56 Å². The molecule has 0 unspecified atom stereocenters. The van der Waals surface area contributed by atoms with Crippen LogP contribution in [0.3, 0.4) is 0 Å². The molecule has 108 valence electrons. The van der Waals surface area contributed by atoms with Gasteiger partial charge < -0.3 is 10.0 Å². The van der Waals surface area contributed by atoms with Crippen LogP contribution in [0.25, 0.3) is 0 Å². The molecule has 0 aromatic heterocycles. The first-order chi connectivity index (χ1) is 9.63. The third-order valence-corrected chi connectivity index (χ3v) is 4.06. The second-order valence-electron chi connectivity index (χ2n) is 5.70.